The van der Waals surface area contributed by atoms with Crippen molar-refractivity contribution in [2.75, 3.05) is 0 Å². The molecule has 6 nitrogen and oxygen atoms in total. The van der Waals surface area contributed by atoms with Crippen LogP contribution >= 0.6 is 24.0 Å². The fraction of sp³-hybridized carbons (Fsp3) is 0.600. The van der Waals surface area contributed by atoms with Crippen LogP contribution < -0.4 is 5.73 Å². The molecule has 3 aliphatic rings. The van der Waals surface area contributed by atoms with E-state index in [1.165, 1.54) is 6.34 Å². The number of nitrogens with zero attached hydrogens (tertiary/aromatic N) is 4. The zero-order valence-electron chi connectivity index (χ0n) is 9.45. The molecular weight excluding hydrogens is 277 g/mol. The van der Waals surface area contributed by atoms with Gasteiger partial charge < -0.3 is 10.8 Å². The van der Waals surface area contributed by atoms with E-state index in [0.717, 1.165) is 12.8 Å². The first-order chi connectivity index (χ1) is 8.08. The van der Waals surface area contributed by atoms with E-state index >= 15 is 0 Å². The first-order valence-electron chi connectivity index (χ1n) is 5.52. The van der Waals surface area contributed by atoms with E-state index in [9.17, 15) is 5.11 Å². The van der Waals surface area contributed by atoms with Crippen molar-refractivity contribution in [3.8, 4) is 0 Å². The van der Waals surface area contributed by atoms with Crippen LogP contribution in [0.4, 0.5) is 0 Å². The molecule has 1 saturated carbocycles. The number of fused-ring (bicyclic) bond motifs is 1. The first-order valence-corrected chi connectivity index (χ1v) is 5.89. The Bertz CT molecular complexity index is 487. The van der Waals surface area contributed by atoms with Gasteiger partial charge in [0, 0.05) is 5.92 Å². The van der Waals surface area contributed by atoms with Crippen molar-refractivity contribution in [2.24, 2.45) is 31.6 Å². The number of aliphatic hydroxyl groups is 1. The van der Waals surface area contributed by atoms with Crippen LogP contribution in [0.15, 0.2) is 20.0 Å². The molecule has 0 radical (unpaired) electrons. The van der Waals surface area contributed by atoms with Gasteiger partial charge in [0.1, 0.15) is 6.34 Å². The fourth-order valence-electron chi connectivity index (χ4n) is 2.39. The van der Waals surface area contributed by atoms with Gasteiger partial charge in [-0.05, 0) is 19.3 Å². The minimum atomic E-state index is -1.13. The van der Waals surface area contributed by atoms with Crippen molar-refractivity contribution in [3.63, 3.8) is 0 Å². The predicted molar refractivity (Wildman–Crippen MR) is 74.2 cm³/mol. The number of halogens is 2. The Morgan fingerprint density at radius 2 is 2.17 bits per heavy atom. The Labute approximate surface area is 115 Å². The smallest absolute Gasteiger partial charge is 0.232 e. The Balaban J connectivity index is 0.00000120. The maximum Gasteiger partial charge on any atom is 0.232 e. The maximum absolute atomic E-state index is 9.56. The third-order valence-corrected chi connectivity index (χ3v) is 3.76. The standard InChI is InChI=1S/C10H12ClN5O.ClH/c11-10(5-1-2-6(17)3-5)15-8(12)7-9(16-10)14-4-13-7;/h4-6,17H,1-3H2,(H2,12,15);1H/t5-,6-,10?;/m1./s1. The molecule has 0 saturated heterocycles. The zero-order chi connectivity index (χ0) is 12.0. The summed E-state index contributed by atoms with van der Waals surface area (Å²) in [5.74, 6) is 0.695. The number of hydrogen-bond acceptors (Lipinski definition) is 6. The third-order valence-electron chi connectivity index (χ3n) is 3.29. The van der Waals surface area contributed by atoms with Gasteiger partial charge in [-0.3, -0.25) is 0 Å². The topological polar surface area (TPSA) is 95.7 Å². The molecule has 0 bridgehead atoms. The second-order valence-corrected chi connectivity index (χ2v) is 5.01. The monoisotopic (exact) mass is 289 g/mol. The molecule has 1 unspecified atom stereocenters. The molecule has 3 atom stereocenters. The molecular formula is C10H13Cl2N5O. The summed E-state index contributed by atoms with van der Waals surface area (Å²) in [6.07, 6.45) is 3.17. The van der Waals surface area contributed by atoms with Crippen LogP contribution in [0, 0.1) is 5.92 Å². The summed E-state index contributed by atoms with van der Waals surface area (Å²) in [6, 6.07) is 0. The Hall–Kier alpha value is -0.980. The van der Waals surface area contributed by atoms with E-state index in [0.29, 0.717) is 18.0 Å². The summed E-state index contributed by atoms with van der Waals surface area (Å²) in [7, 11) is 0. The molecule has 8 heteroatoms. The normalized spacial score (nSPS) is 37.6. The largest absolute Gasteiger partial charge is 0.393 e. The van der Waals surface area contributed by atoms with Crippen LogP contribution in [-0.4, -0.2) is 40.1 Å². The molecule has 18 heavy (non-hydrogen) atoms. The van der Waals surface area contributed by atoms with Gasteiger partial charge >= 0.3 is 0 Å². The molecule has 0 spiro atoms. The van der Waals surface area contributed by atoms with Gasteiger partial charge in [-0.25, -0.2) is 20.0 Å². The number of aliphatic imine (C=N–C) groups is 4. The Morgan fingerprint density at radius 1 is 1.39 bits per heavy atom. The second-order valence-electron chi connectivity index (χ2n) is 4.45. The van der Waals surface area contributed by atoms with Gasteiger partial charge in [0.15, 0.2) is 17.4 Å². The van der Waals surface area contributed by atoms with E-state index < -0.39 is 5.12 Å². The minimum absolute atomic E-state index is 0. The van der Waals surface area contributed by atoms with Crippen LogP contribution in [0.3, 0.4) is 0 Å². The van der Waals surface area contributed by atoms with Gasteiger partial charge in [-0.2, -0.15) is 0 Å². The average Bonchev–Trinajstić information content (AvgIpc) is 2.86. The summed E-state index contributed by atoms with van der Waals surface area (Å²) in [5, 5.41) is 8.43. The summed E-state index contributed by atoms with van der Waals surface area (Å²) in [6.45, 7) is 0. The number of nitrogens with two attached hydrogens (primary N) is 1. The highest BCUT2D eigenvalue weighted by atomic mass is 35.5. The molecule has 1 fully saturated rings. The molecule has 3 N–H and O–H groups in total. The van der Waals surface area contributed by atoms with Crippen LogP contribution in [0.25, 0.3) is 0 Å². The van der Waals surface area contributed by atoms with Crippen molar-refractivity contribution >= 4 is 47.7 Å². The molecule has 0 aromatic carbocycles. The quantitative estimate of drug-likeness (QED) is 0.549. The van der Waals surface area contributed by atoms with Gasteiger partial charge in [0.25, 0.3) is 0 Å². The van der Waals surface area contributed by atoms with Crippen molar-refractivity contribution < 1.29 is 5.11 Å². The molecule has 98 valence electrons. The average molecular weight is 290 g/mol. The van der Waals surface area contributed by atoms with Crippen LogP contribution in [0.2, 0.25) is 0 Å². The van der Waals surface area contributed by atoms with Gasteiger partial charge in [-0.15, -0.1) is 12.4 Å². The number of amidine groups is 2. The summed E-state index contributed by atoms with van der Waals surface area (Å²) >= 11 is 6.41. The number of rotatable bonds is 1. The Kier molecular flexibility index (Phi) is 3.44. The van der Waals surface area contributed by atoms with Crippen LogP contribution in [0.1, 0.15) is 19.3 Å². The predicted octanol–water partition coefficient (Wildman–Crippen LogP) is 0.714. The fourth-order valence-corrected chi connectivity index (χ4v) is 2.76. The molecule has 2 aliphatic heterocycles. The summed E-state index contributed by atoms with van der Waals surface area (Å²) < 4.78 is 0. The highest BCUT2D eigenvalue weighted by Gasteiger charge is 2.44. The molecule has 1 aliphatic carbocycles. The SMILES string of the molecule is Cl.NC1=NC(Cl)([C@@H]2CC[C@@H](O)C2)N=C2N=CN=C12. The lowest BCUT2D eigenvalue weighted by molar-refractivity contribution is 0.173. The summed E-state index contributed by atoms with van der Waals surface area (Å²) in [5.41, 5.74) is 6.30. The lowest BCUT2D eigenvalue weighted by Crippen LogP contribution is -2.41. The Morgan fingerprint density at radius 3 is 2.83 bits per heavy atom. The molecule has 3 rings (SSSR count). The maximum atomic E-state index is 9.56. The number of hydrogen-bond donors (Lipinski definition) is 2. The second kappa shape index (κ2) is 4.60. The first kappa shape index (κ1) is 13.5. The number of alkyl halides is 1. The third kappa shape index (κ3) is 2.04. The van der Waals surface area contributed by atoms with Gasteiger partial charge in [-0.1, -0.05) is 11.6 Å². The van der Waals surface area contributed by atoms with E-state index in [-0.39, 0.29) is 30.3 Å². The van der Waals surface area contributed by atoms with Crippen LogP contribution in [-0.2, 0) is 0 Å². The highest BCUT2D eigenvalue weighted by Crippen LogP contribution is 2.42. The van der Waals surface area contributed by atoms with Crippen LogP contribution in [0.5, 0.6) is 0 Å². The van der Waals surface area contributed by atoms with Crippen molar-refractivity contribution in [2.45, 2.75) is 30.5 Å². The molecule has 0 aromatic heterocycles. The van der Waals surface area contributed by atoms with E-state index in [1.54, 1.807) is 0 Å². The lowest BCUT2D eigenvalue weighted by Gasteiger charge is -2.28. The summed E-state index contributed by atoms with van der Waals surface area (Å²) in [4.78, 5) is 16.5. The van der Waals surface area contributed by atoms with E-state index in [4.69, 9.17) is 17.3 Å². The van der Waals surface area contributed by atoms with E-state index in [2.05, 4.69) is 20.0 Å². The van der Waals surface area contributed by atoms with Crippen molar-refractivity contribution in [1.82, 2.24) is 0 Å². The minimum Gasteiger partial charge on any atom is -0.393 e. The lowest BCUT2D eigenvalue weighted by atomic mass is 10.0. The van der Waals surface area contributed by atoms with Gasteiger partial charge in [0.2, 0.25) is 5.12 Å². The molecule has 0 amide bonds. The molecule has 2 heterocycles. The highest BCUT2D eigenvalue weighted by molar-refractivity contribution is 6.71. The number of aliphatic hydroxyl groups excluding tert-OH is 1. The van der Waals surface area contributed by atoms with Crippen molar-refractivity contribution in [3.05, 3.63) is 0 Å². The van der Waals surface area contributed by atoms with Gasteiger partial charge in [0.05, 0.1) is 6.10 Å². The molecule has 0 aromatic rings. The van der Waals surface area contributed by atoms with Crippen molar-refractivity contribution in [1.29, 1.82) is 0 Å². The van der Waals surface area contributed by atoms with E-state index in [1.807, 2.05) is 0 Å². The zero-order valence-corrected chi connectivity index (χ0v) is 11.0.